The number of likely N-dealkylation sites (tertiary alicyclic amines) is 1. The molecule has 4 heterocycles. The molecule has 0 unspecified atom stereocenters. The molecule has 3 aromatic heterocycles. The normalized spacial score (nSPS) is 13.6. The van der Waals surface area contributed by atoms with Crippen LogP contribution in [-0.2, 0) is 24.3 Å². The van der Waals surface area contributed by atoms with Gasteiger partial charge in [-0.15, -0.1) is 0 Å². The number of aromatic nitrogens is 4. The molecule has 11 heteroatoms. The van der Waals surface area contributed by atoms with Crippen molar-refractivity contribution in [1.82, 2.24) is 23.8 Å². The number of aryl methyl sites for hydroxylation is 3. The number of hydrogen-bond donors (Lipinski definition) is 0. The molecule has 1 aliphatic rings. The maximum Gasteiger partial charge on any atom is 0.332 e. The summed E-state index contributed by atoms with van der Waals surface area (Å²) in [6.07, 6.45) is 5.53. The zero-order valence-electron chi connectivity index (χ0n) is 20.1. The van der Waals surface area contributed by atoms with E-state index < -0.39 is 17.1 Å². The fourth-order valence-corrected chi connectivity index (χ4v) is 5.97. The Bertz CT molecular complexity index is 1550. The van der Waals surface area contributed by atoms with E-state index in [4.69, 9.17) is 4.74 Å². The van der Waals surface area contributed by atoms with Crippen molar-refractivity contribution < 1.29 is 13.9 Å². The van der Waals surface area contributed by atoms with Crippen molar-refractivity contribution >= 4 is 27.5 Å². The lowest BCUT2D eigenvalue weighted by atomic mass is 10.1. The average molecular weight is 512 g/mol. The molecule has 1 saturated heterocycles. The Hall–Kier alpha value is -3.73. The van der Waals surface area contributed by atoms with Crippen LogP contribution in [0.3, 0.4) is 0 Å². The number of ether oxygens (including phenoxy) is 1. The van der Waals surface area contributed by atoms with Crippen LogP contribution in [0.5, 0.6) is 5.75 Å². The first-order valence-corrected chi connectivity index (χ1v) is 12.6. The van der Waals surface area contributed by atoms with Crippen LogP contribution < -0.4 is 16.0 Å². The number of nitrogens with zero attached hydrogens (tertiary/aromatic N) is 5. The summed E-state index contributed by atoms with van der Waals surface area (Å²) in [6, 6.07) is 6.02. The highest BCUT2D eigenvalue weighted by molar-refractivity contribution is 7.21. The van der Waals surface area contributed by atoms with Gasteiger partial charge in [-0.25, -0.2) is 13.9 Å². The van der Waals surface area contributed by atoms with Gasteiger partial charge in [-0.2, -0.15) is 5.10 Å². The maximum absolute atomic E-state index is 13.9. The van der Waals surface area contributed by atoms with Crippen molar-refractivity contribution in [2.75, 3.05) is 20.2 Å². The SMILES string of the molecule is COc1ccc(F)cc1CCn1c(=O)n(CC(=O)N2CCCC2)c(=O)c2c(C)c(-n3cccn3)sc21. The van der Waals surface area contributed by atoms with Crippen LogP contribution in [0.4, 0.5) is 4.39 Å². The third kappa shape index (κ3) is 4.23. The van der Waals surface area contributed by atoms with Gasteiger partial charge in [0.2, 0.25) is 5.91 Å². The molecule has 5 rings (SSSR count). The van der Waals surface area contributed by atoms with Gasteiger partial charge >= 0.3 is 5.69 Å². The summed E-state index contributed by atoms with van der Waals surface area (Å²) < 4.78 is 23.5. The summed E-state index contributed by atoms with van der Waals surface area (Å²) >= 11 is 1.29. The van der Waals surface area contributed by atoms with Crippen LogP contribution in [0.15, 0.2) is 46.2 Å². The van der Waals surface area contributed by atoms with E-state index in [-0.39, 0.29) is 19.0 Å². The minimum atomic E-state index is -0.566. The van der Waals surface area contributed by atoms with Crippen LogP contribution in [-0.4, -0.2) is 49.9 Å². The molecule has 188 valence electrons. The minimum absolute atomic E-state index is 0.172. The summed E-state index contributed by atoms with van der Waals surface area (Å²) in [6.45, 7) is 2.93. The number of methoxy groups -OCH3 is 1. The molecule has 4 aromatic rings. The average Bonchev–Trinajstić information content (AvgIpc) is 3.63. The molecule has 9 nitrogen and oxygen atoms in total. The largest absolute Gasteiger partial charge is 0.496 e. The molecule has 1 amide bonds. The first-order valence-electron chi connectivity index (χ1n) is 11.8. The lowest BCUT2D eigenvalue weighted by molar-refractivity contribution is -0.130. The van der Waals surface area contributed by atoms with Crippen molar-refractivity contribution in [3.8, 4) is 10.8 Å². The zero-order chi connectivity index (χ0) is 25.4. The molecule has 0 radical (unpaired) electrons. The monoisotopic (exact) mass is 511 g/mol. The Morgan fingerprint density at radius 2 is 1.97 bits per heavy atom. The second-order valence-corrected chi connectivity index (χ2v) is 9.76. The highest BCUT2D eigenvalue weighted by atomic mass is 32.1. The smallest absolute Gasteiger partial charge is 0.332 e. The van der Waals surface area contributed by atoms with Gasteiger partial charge in [0.1, 0.15) is 27.9 Å². The van der Waals surface area contributed by atoms with Gasteiger partial charge in [-0.05, 0) is 56.0 Å². The van der Waals surface area contributed by atoms with Crippen LogP contribution in [0.1, 0.15) is 24.0 Å². The number of carbonyl (C=O) groups excluding carboxylic acids is 1. The quantitative estimate of drug-likeness (QED) is 0.381. The fraction of sp³-hybridized carbons (Fsp3) is 0.360. The summed E-state index contributed by atoms with van der Waals surface area (Å²) in [5.74, 6) is -0.139. The first-order chi connectivity index (χ1) is 17.4. The summed E-state index contributed by atoms with van der Waals surface area (Å²) in [4.78, 5) is 42.3. The summed E-state index contributed by atoms with van der Waals surface area (Å²) in [5, 5.41) is 5.38. The Kier molecular flexibility index (Phi) is 6.48. The number of hydrogen-bond acceptors (Lipinski definition) is 6. The van der Waals surface area contributed by atoms with Crippen molar-refractivity contribution in [2.45, 2.75) is 39.3 Å². The first kappa shape index (κ1) is 24.0. The Morgan fingerprint density at radius 1 is 1.19 bits per heavy atom. The molecular weight excluding hydrogens is 485 g/mol. The molecule has 0 atom stereocenters. The number of benzene rings is 1. The second-order valence-electron chi connectivity index (χ2n) is 8.78. The predicted octanol–water partition coefficient (Wildman–Crippen LogP) is 2.73. The fourth-order valence-electron chi connectivity index (χ4n) is 4.70. The molecule has 1 aliphatic heterocycles. The van der Waals surface area contributed by atoms with Crippen LogP contribution >= 0.6 is 11.3 Å². The number of carbonyl (C=O) groups is 1. The van der Waals surface area contributed by atoms with E-state index in [2.05, 4.69) is 5.10 Å². The van der Waals surface area contributed by atoms with Crippen LogP contribution in [0.25, 0.3) is 15.2 Å². The van der Waals surface area contributed by atoms with Crippen molar-refractivity contribution in [2.24, 2.45) is 0 Å². The van der Waals surface area contributed by atoms with Crippen molar-refractivity contribution in [3.63, 3.8) is 0 Å². The predicted molar refractivity (Wildman–Crippen MR) is 135 cm³/mol. The van der Waals surface area contributed by atoms with Gasteiger partial charge in [0, 0.05) is 37.6 Å². The van der Waals surface area contributed by atoms with E-state index in [1.807, 2.05) is 6.92 Å². The minimum Gasteiger partial charge on any atom is -0.496 e. The molecule has 1 aromatic carbocycles. The van der Waals surface area contributed by atoms with Gasteiger partial charge in [0.15, 0.2) is 0 Å². The second kappa shape index (κ2) is 9.73. The summed E-state index contributed by atoms with van der Waals surface area (Å²) in [7, 11) is 1.50. The lowest BCUT2D eigenvalue weighted by Crippen LogP contribution is -2.44. The molecular formula is C25H26FN5O4S. The van der Waals surface area contributed by atoms with E-state index in [0.717, 1.165) is 17.4 Å². The summed E-state index contributed by atoms with van der Waals surface area (Å²) in [5.41, 5.74) is 0.227. The number of fused-ring (bicyclic) bond motifs is 1. The Labute approximate surface area is 210 Å². The number of rotatable bonds is 7. The molecule has 0 aliphatic carbocycles. The number of amides is 1. The topological polar surface area (TPSA) is 91.4 Å². The van der Waals surface area contributed by atoms with E-state index >= 15 is 0 Å². The Balaban J connectivity index is 1.64. The van der Waals surface area contributed by atoms with E-state index in [0.29, 0.717) is 51.6 Å². The third-order valence-corrected chi connectivity index (χ3v) is 7.89. The third-order valence-electron chi connectivity index (χ3n) is 6.58. The molecule has 1 fully saturated rings. The lowest BCUT2D eigenvalue weighted by Gasteiger charge is -2.17. The van der Waals surface area contributed by atoms with Crippen molar-refractivity contribution in [1.29, 1.82) is 0 Å². The zero-order valence-corrected chi connectivity index (χ0v) is 20.9. The van der Waals surface area contributed by atoms with Crippen molar-refractivity contribution in [3.05, 3.63) is 74.4 Å². The van der Waals surface area contributed by atoms with Gasteiger partial charge in [-0.3, -0.25) is 18.7 Å². The number of thiophene rings is 1. The van der Waals surface area contributed by atoms with Gasteiger partial charge in [0.05, 0.1) is 12.5 Å². The molecule has 0 saturated carbocycles. The van der Waals surface area contributed by atoms with E-state index in [9.17, 15) is 18.8 Å². The molecule has 0 N–H and O–H groups in total. The van der Waals surface area contributed by atoms with Gasteiger partial charge < -0.3 is 9.64 Å². The van der Waals surface area contributed by atoms with Crippen LogP contribution in [0, 0.1) is 12.7 Å². The Morgan fingerprint density at radius 3 is 2.67 bits per heavy atom. The highest BCUT2D eigenvalue weighted by Gasteiger charge is 2.25. The standard InChI is InChI=1S/C25H26FN5O4S/c1-16-21-22(33)30(15-20(32)28-10-3-4-11-28)25(34)29(24(21)36-23(16)31-12-5-9-27-31)13-8-17-14-18(26)6-7-19(17)35-2/h5-7,9,12,14H,3-4,8,10-11,13,15H2,1-2H3. The molecule has 0 bridgehead atoms. The maximum atomic E-state index is 13.9. The van der Waals surface area contributed by atoms with E-state index in [1.54, 1.807) is 34.1 Å². The van der Waals surface area contributed by atoms with E-state index in [1.165, 1.54) is 35.1 Å². The molecule has 36 heavy (non-hydrogen) atoms. The van der Waals surface area contributed by atoms with Gasteiger partial charge in [0.25, 0.3) is 5.56 Å². The number of halogens is 1. The molecule has 0 spiro atoms. The highest BCUT2D eigenvalue weighted by Crippen LogP contribution is 2.31. The van der Waals surface area contributed by atoms with Gasteiger partial charge in [-0.1, -0.05) is 11.3 Å². The van der Waals surface area contributed by atoms with Crippen LogP contribution in [0.2, 0.25) is 0 Å².